The lowest BCUT2D eigenvalue weighted by molar-refractivity contribution is -0.127. The molecule has 0 fully saturated rings. The number of thioether (sulfide) groups is 1. The molecule has 0 spiro atoms. The van der Waals surface area contributed by atoms with Gasteiger partial charge in [-0.25, -0.2) is 4.98 Å². The van der Waals surface area contributed by atoms with Gasteiger partial charge in [-0.05, 0) is 34.5 Å². The molecule has 3 rings (SSSR count). The molecule has 0 aliphatic rings. The summed E-state index contributed by atoms with van der Waals surface area (Å²) in [6, 6.07) is 9.91. The van der Waals surface area contributed by atoms with E-state index in [2.05, 4.69) is 15.3 Å². The van der Waals surface area contributed by atoms with Crippen molar-refractivity contribution in [1.82, 2.24) is 14.9 Å². The van der Waals surface area contributed by atoms with Crippen LogP contribution in [0.3, 0.4) is 0 Å². The highest BCUT2D eigenvalue weighted by Crippen LogP contribution is 2.19. The van der Waals surface area contributed by atoms with Gasteiger partial charge in [0, 0.05) is 13.6 Å². The molecule has 2 heterocycles. The first-order valence-electron chi connectivity index (χ1n) is 6.55. The molecular weight excluding hydrogens is 302 g/mol. The Labute approximate surface area is 131 Å². The molecule has 21 heavy (non-hydrogen) atoms. The van der Waals surface area contributed by atoms with E-state index in [1.807, 2.05) is 42.8 Å². The maximum absolute atomic E-state index is 12.1. The Morgan fingerprint density at radius 2 is 2.24 bits per heavy atom. The molecule has 1 N–H and O–H groups in total. The van der Waals surface area contributed by atoms with Gasteiger partial charge in [0.05, 0.1) is 16.8 Å². The topological polar surface area (TPSA) is 49.0 Å². The van der Waals surface area contributed by atoms with Crippen molar-refractivity contribution in [1.29, 1.82) is 0 Å². The fraction of sp³-hybridized carbons (Fsp3) is 0.200. The molecule has 0 atom stereocenters. The Hall–Kier alpha value is -1.79. The van der Waals surface area contributed by atoms with E-state index in [0.717, 1.165) is 16.2 Å². The van der Waals surface area contributed by atoms with Gasteiger partial charge >= 0.3 is 0 Å². The third-order valence-electron chi connectivity index (χ3n) is 3.13. The number of hydrogen-bond donors (Lipinski definition) is 1. The fourth-order valence-electron chi connectivity index (χ4n) is 1.98. The van der Waals surface area contributed by atoms with Crippen LogP contribution in [0.5, 0.6) is 0 Å². The lowest BCUT2D eigenvalue weighted by Gasteiger charge is -2.15. The summed E-state index contributed by atoms with van der Waals surface area (Å²) in [7, 11) is 1.83. The third-order valence-corrected chi connectivity index (χ3v) is 4.72. The smallest absolute Gasteiger partial charge is 0.233 e. The Morgan fingerprint density at radius 1 is 1.38 bits per heavy atom. The number of imidazole rings is 1. The van der Waals surface area contributed by atoms with E-state index in [0.29, 0.717) is 12.3 Å². The number of nitrogens with one attached hydrogen (secondary N) is 1. The van der Waals surface area contributed by atoms with E-state index >= 15 is 0 Å². The van der Waals surface area contributed by atoms with Crippen molar-refractivity contribution in [2.75, 3.05) is 12.8 Å². The number of fused-ring (bicyclic) bond motifs is 1. The summed E-state index contributed by atoms with van der Waals surface area (Å²) in [5.74, 6) is 0.493. The van der Waals surface area contributed by atoms with E-state index < -0.39 is 0 Å². The van der Waals surface area contributed by atoms with Gasteiger partial charge in [0.1, 0.15) is 0 Å². The van der Waals surface area contributed by atoms with Crippen molar-refractivity contribution in [3.63, 3.8) is 0 Å². The van der Waals surface area contributed by atoms with Gasteiger partial charge in [0.15, 0.2) is 5.16 Å². The highest BCUT2D eigenvalue weighted by molar-refractivity contribution is 7.99. The number of para-hydroxylation sites is 2. The molecule has 0 saturated heterocycles. The number of thiophene rings is 1. The predicted molar refractivity (Wildman–Crippen MR) is 87.6 cm³/mol. The zero-order chi connectivity index (χ0) is 14.7. The summed E-state index contributed by atoms with van der Waals surface area (Å²) in [4.78, 5) is 21.5. The number of carbonyl (C=O) groups excluding carboxylic acids is 1. The number of aromatic amines is 1. The van der Waals surface area contributed by atoms with E-state index in [1.165, 1.54) is 17.3 Å². The van der Waals surface area contributed by atoms with Crippen molar-refractivity contribution in [3.8, 4) is 0 Å². The normalized spacial score (nSPS) is 10.9. The van der Waals surface area contributed by atoms with Crippen molar-refractivity contribution < 1.29 is 4.79 Å². The highest BCUT2D eigenvalue weighted by atomic mass is 32.2. The largest absolute Gasteiger partial charge is 0.341 e. The molecule has 0 aliphatic heterocycles. The average molecular weight is 317 g/mol. The van der Waals surface area contributed by atoms with Gasteiger partial charge in [-0.2, -0.15) is 11.3 Å². The number of nitrogens with zero attached hydrogens (tertiary/aromatic N) is 2. The molecular formula is C15H15N3OS2. The van der Waals surface area contributed by atoms with Crippen molar-refractivity contribution in [2.45, 2.75) is 11.7 Å². The number of rotatable bonds is 5. The molecule has 0 saturated carbocycles. The van der Waals surface area contributed by atoms with Crippen molar-refractivity contribution in [2.24, 2.45) is 0 Å². The maximum atomic E-state index is 12.1. The van der Waals surface area contributed by atoms with Crippen LogP contribution in [0.15, 0.2) is 46.2 Å². The van der Waals surface area contributed by atoms with E-state index in [-0.39, 0.29) is 5.91 Å². The molecule has 0 bridgehead atoms. The average Bonchev–Trinajstić information content (AvgIpc) is 3.13. The molecule has 0 unspecified atom stereocenters. The SMILES string of the molecule is CN(Cc1ccsc1)C(=O)CSc1nc2ccccc2[nH]1. The van der Waals surface area contributed by atoms with Crippen LogP contribution < -0.4 is 0 Å². The molecule has 3 aromatic rings. The first kappa shape index (κ1) is 14.2. The summed E-state index contributed by atoms with van der Waals surface area (Å²) in [6.45, 7) is 0.656. The standard InChI is InChI=1S/C15H15N3OS2/c1-18(8-11-6-7-20-9-11)14(19)10-21-15-16-12-4-2-3-5-13(12)17-15/h2-7,9H,8,10H2,1H3,(H,16,17). The molecule has 1 aromatic carbocycles. The molecule has 2 aromatic heterocycles. The quantitative estimate of drug-likeness (QED) is 0.734. The van der Waals surface area contributed by atoms with Crippen LogP contribution in [0.2, 0.25) is 0 Å². The number of hydrogen-bond acceptors (Lipinski definition) is 4. The highest BCUT2D eigenvalue weighted by Gasteiger charge is 2.11. The van der Waals surface area contributed by atoms with Crippen LogP contribution in [0.1, 0.15) is 5.56 Å². The van der Waals surface area contributed by atoms with E-state index in [1.54, 1.807) is 16.2 Å². The number of benzene rings is 1. The molecule has 1 amide bonds. The number of H-pyrrole nitrogens is 1. The van der Waals surface area contributed by atoms with E-state index in [9.17, 15) is 4.79 Å². The van der Waals surface area contributed by atoms with Crippen LogP contribution in [0, 0.1) is 0 Å². The predicted octanol–water partition coefficient (Wildman–Crippen LogP) is 3.38. The van der Waals surface area contributed by atoms with Crippen LogP contribution in [-0.2, 0) is 11.3 Å². The molecule has 4 nitrogen and oxygen atoms in total. The van der Waals surface area contributed by atoms with Crippen LogP contribution in [0.25, 0.3) is 11.0 Å². The van der Waals surface area contributed by atoms with Gasteiger partial charge in [-0.1, -0.05) is 23.9 Å². The van der Waals surface area contributed by atoms with Crippen LogP contribution in [-0.4, -0.2) is 33.6 Å². The van der Waals surface area contributed by atoms with Crippen LogP contribution >= 0.6 is 23.1 Å². The van der Waals surface area contributed by atoms with Gasteiger partial charge in [0.2, 0.25) is 5.91 Å². The Bertz CT molecular complexity index is 703. The molecule has 0 aliphatic carbocycles. The van der Waals surface area contributed by atoms with Gasteiger partial charge in [-0.3, -0.25) is 4.79 Å². The molecule has 6 heteroatoms. The summed E-state index contributed by atoms with van der Waals surface area (Å²) in [5.41, 5.74) is 3.10. The summed E-state index contributed by atoms with van der Waals surface area (Å²) < 4.78 is 0. The third kappa shape index (κ3) is 3.46. The van der Waals surface area contributed by atoms with E-state index in [4.69, 9.17) is 0 Å². The monoisotopic (exact) mass is 317 g/mol. The summed E-state index contributed by atoms with van der Waals surface area (Å²) >= 11 is 3.09. The second-order valence-electron chi connectivity index (χ2n) is 4.73. The lowest BCUT2D eigenvalue weighted by atomic mass is 10.3. The van der Waals surface area contributed by atoms with Crippen LogP contribution in [0.4, 0.5) is 0 Å². The summed E-state index contributed by atoms with van der Waals surface area (Å²) in [5, 5.41) is 4.88. The number of carbonyl (C=O) groups is 1. The van der Waals surface area contributed by atoms with Gasteiger partial charge < -0.3 is 9.88 Å². The number of amides is 1. The second-order valence-corrected chi connectivity index (χ2v) is 6.47. The minimum Gasteiger partial charge on any atom is -0.341 e. The first-order chi connectivity index (χ1) is 10.2. The molecule has 108 valence electrons. The Kier molecular flexibility index (Phi) is 4.26. The Morgan fingerprint density at radius 3 is 3.00 bits per heavy atom. The minimum absolute atomic E-state index is 0.103. The zero-order valence-electron chi connectivity index (χ0n) is 11.6. The van der Waals surface area contributed by atoms with Gasteiger partial charge in [-0.15, -0.1) is 0 Å². The minimum atomic E-state index is 0.103. The first-order valence-corrected chi connectivity index (χ1v) is 8.48. The van der Waals surface area contributed by atoms with Crippen molar-refractivity contribution >= 4 is 40.0 Å². The molecule has 0 radical (unpaired) electrons. The Balaban J connectivity index is 1.57. The zero-order valence-corrected chi connectivity index (χ0v) is 13.2. The number of aromatic nitrogens is 2. The maximum Gasteiger partial charge on any atom is 0.233 e. The second kappa shape index (κ2) is 6.32. The van der Waals surface area contributed by atoms with Crippen molar-refractivity contribution in [3.05, 3.63) is 46.7 Å². The summed E-state index contributed by atoms with van der Waals surface area (Å²) in [6.07, 6.45) is 0. The fourth-order valence-corrected chi connectivity index (χ4v) is 3.47. The van der Waals surface area contributed by atoms with Gasteiger partial charge in [0.25, 0.3) is 0 Å². The lowest BCUT2D eigenvalue weighted by Crippen LogP contribution is -2.27.